The molecule has 7 nitrogen and oxygen atoms in total. The summed E-state index contributed by atoms with van der Waals surface area (Å²) in [5.74, 6) is 1.53. The standard InChI is InChI=1S/C20H22N4O3S/c1-14-11-15(2)13-24(12-14)28(25,26)18-5-3-17(4-6-18)20-22-19(23-27-20)16-7-9-21-10-8-16/h3-10,14-15H,11-13H2,1-2H3/t14-,15-/m0/s1. The first-order valence-corrected chi connectivity index (χ1v) is 10.7. The minimum absolute atomic E-state index is 0.284. The van der Waals surface area contributed by atoms with Crippen LogP contribution in [0.4, 0.5) is 0 Å². The summed E-state index contributed by atoms with van der Waals surface area (Å²) in [6.07, 6.45) is 4.38. The van der Waals surface area contributed by atoms with Crippen molar-refractivity contribution in [1.82, 2.24) is 19.4 Å². The molecule has 146 valence electrons. The van der Waals surface area contributed by atoms with Gasteiger partial charge in [-0.05, 0) is 54.7 Å². The number of nitrogens with zero attached hydrogens (tertiary/aromatic N) is 4. The first-order valence-electron chi connectivity index (χ1n) is 9.28. The van der Waals surface area contributed by atoms with Crippen LogP contribution < -0.4 is 0 Å². The molecular weight excluding hydrogens is 376 g/mol. The third-order valence-electron chi connectivity index (χ3n) is 4.94. The monoisotopic (exact) mass is 398 g/mol. The summed E-state index contributed by atoms with van der Waals surface area (Å²) in [7, 11) is -3.50. The molecule has 0 radical (unpaired) electrons. The van der Waals surface area contributed by atoms with Crippen LogP contribution in [0.1, 0.15) is 20.3 Å². The number of rotatable bonds is 4. The van der Waals surface area contributed by atoms with Crippen LogP contribution in [0, 0.1) is 11.8 Å². The lowest BCUT2D eigenvalue weighted by Crippen LogP contribution is -2.42. The number of piperidine rings is 1. The third kappa shape index (κ3) is 3.70. The molecule has 3 aromatic rings. The Kier molecular flexibility index (Phi) is 4.99. The van der Waals surface area contributed by atoms with Crippen molar-refractivity contribution in [3.8, 4) is 22.8 Å². The molecule has 0 spiro atoms. The van der Waals surface area contributed by atoms with Gasteiger partial charge in [-0.1, -0.05) is 19.0 Å². The first-order chi connectivity index (χ1) is 13.4. The van der Waals surface area contributed by atoms with Crippen LogP contribution >= 0.6 is 0 Å². The molecule has 8 heteroatoms. The predicted molar refractivity (Wildman–Crippen MR) is 105 cm³/mol. The lowest BCUT2D eigenvalue weighted by molar-refractivity contribution is 0.222. The van der Waals surface area contributed by atoms with E-state index in [1.54, 1.807) is 53.1 Å². The molecule has 0 saturated carbocycles. The molecule has 28 heavy (non-hydrogen) atoms. The van der Waals surface area contributed by atoms with Gasteiger partial charge in [-0.3, -0.25) is 4.98 Å². The van der Waals surface area contributed by atoms with Gasteiger partial charge >= 0.3 is 0 Å². The Bertz CT molecular complexity index is 1040. The van der Waals surface area contributed by atoms with Crippen LogP contribution in [0.2, 0.25) is 0 Å². The van der Waals surface area contributed by atoms with Crippen LogP contribution in [0.25, 0.3) is 22.8 Å². The van der Waals surface area contributed by atoms with Gasteiger partial charge in [-0.15, -0.1) is 0 Å². The Balaban J connectivity index is 1.57. The van der Waals surface area contributed by atoms with E-state index in [0.29, 0.717) is 42.2 Å². The molecule has 4 rings (SSSR count). The first kappa shape index (κ1) is 18.8. The summed E-state index contributed by atoms with van der Waals surface area (Å²) in [4.78, 5) is 8.64. The molecule has 0 N–H and O–H groups in total. The molecule has 0 bridgehead atoms. The number of pyridine rings is 1. The number of aromatic nitrogens is 3. The molecule has 2 aromatic heterocycles. The molecular formula is C20H22N4O3S. The van der Waals surface area contributed by atoms with Crippen LogP contribution in [-0.4, -0.2) is 40.9 Å². The highest BCUT2D eigenvalue weighted by Crippen LogP contribution is 2.28. The van der Waals surface area contributed by atoms with Crippen LogP contribution in [0.15, 0.2) is 58.2 Å². The van der Waals surface area contributed by atoms with Gasteiger partial charge in [0.25, 0.3) is 5.89 Å². The maximum absolute atomic E-state index is 13.0. The zero-order chi connectivity index (χ0) is 19.7. The van der Waals surface area contributed by atoms with E-state index in [2.05, 4.69) is 29.0 Å². The van der Waals surface area contributed by atoms with E-state index in [1.807, 2.05) is 0 Å². The summed E-state index contributed by atoms with van der Waals surface area (Å²) in [6.45, 7) is 5.31. The van der Waals surface area contributed by atoms with Gasteiger partial charge in [0.05, 0.1) is 4.90 Å². The predicted octanol–water partition coefficient (Wildman–Crippen LogP) is 3.47. The topological polar surface area (TPSA) is 89.2 Å². The van der Waals surface area contributed by atoms with Crippen molar-refractivity contribution < 1.29 is 12.9 Å². The van der Waals surface area contributed by atoms with Gasteiger partial charge in [0.1, 0.15) is 0 Å². The quantitative estimate of drug-likeness (QED) is 0.669. The number of hydrogen-bond acceptors (Lipinski definition) is 6. The molecule has 1 aliphatic heterocycles. The van der Waals surface area contributed by atoms with Crippen molar-refractivity contribution in [3.05, 3.63) is 48.8 Å². The summed E-state index contributed by atoms with van der Waals surface area (Å²) in [6, 6.07) is 10.2. The molecule has 0 aliphatic carbocycles. The van der Waals surface area contributed by atoms with E-state index in [9.17, 15) is 8.42 Å². The van der Waals surface area contributed by atoms with Crippen molar-refractivity contribution in [2.75, 3.05) is 13.1 Å². The van der Waals surface area contributed by atoms with E-state index in [0.717, 1.165) is 12.0 Å². The normalized spacial score (nSPS) is 20.9. The molecule has 1 aromatic carbocycles. The minimum Gasteiger partial charge on any atom is -0.334 e. The van der Waals surface area contributed by atoms with Gasteiger partial charge < -0.3 is 4.52 Å². The fraction of sp³-hybridized carbons (Fsp3) is 0.350. The van der Waals surface area contributed by atoms with Crippen molar-refractivity contribution in [1.29, 1.82) is 0 Å². The zero-order valence-corrected chi connectivity index (χ0v) is 16.6. The highest BCUT2D eigenvalue weighted by atomic mass is 32.2. The number of benzene rings is 1. The smallest absolute Gasteiger partial charge is 0.258 e. The fourth-order valence-corrected chi connectivity index (χ4v) is 5.36. The van der Waals surface area contributed by atoms with Gasteiger partial charge in [0.2, 0.25) is 15.8 Å². The van der Waals surface area contributed by atoms with Crippen LogP contribution in [0.3, 0.4) is 0 Å². The molecule has 1 fully saturated rings. The molecule has 3 heterocycles. The minimum atomic E-state index is -3.50. The van der Waals surface area contributed by atoms with Crippen molar-refractivity contribution in [2.45, 2.75) is 25.2 Å². The lowest BCUT2D eigenvalue weighted by Gasteiger charge is -2.34. The Morgan fingerprint density at radius 3 is 2.25 bits per heavy atom. The maximum Gasteiger partial charge on any atom is 0.258 e. The summed E-state index contributed by atoms with van der Waals surface area (Å²) < 4.78 is 32.9. The molecule has 1 aliphatic rings. The van der Waals surface area contributed by atoms with Gasteiger partial charge in [-0.25, -0.2) is 8.42 Å². The fourth-order valence-electron chi connectivity index (χ4n) is 3.68. The second kappa shape index (κ2) is 7.44. The molecule has 1 saturated heterocycles. The second-order valence-corrected chi connectivity index (χ2v) is 9.39. The maximum atomic E-state index is 13.0. The summed E-state index contributed by atoms with van der Waals surface area (Å²) in [5.41, 5.74) is 1.48. The molecule has 0 amide bonds. The van der Waals surface area contributed by atoms with E-state index in [-0.39, 0.29) is 4.90 Å². The van der Waals surface area contributed by atoms with E-state index < -0.39 is 10.0 Å². The average molecular weight is 398 g/mol. The SMILES string of the molecule is C[C@H]1C[C@H](C)CN(S(=O)(=O)c2ccc(-c3nc(-c4ccncc4)no3)cc2)C1. The number of sulfonamides is 1. The Morgan fingerprint density at radius 1 is 0.964 bits per heavy atom. The van der Waals surface area contributed by atoms with E-state index in [1.165, 1.54) is 0 Å². The van der Waals surface area contributed by atoms with Gasteiger partial charge in [0.15, 0.2) is 0 Å². The highest BCUT2D eigenvalue weighted by Gasteiger charge is 2.31. The zero-order valence-electron chi connectivity index (χ0n) is 15.8. The van der Waals surface area contributed by atoms with Crippen LogP contribution in [0.5, 0.6) is 0 Å². The summed E-state index contributed by atoms with van der Waals surface area (Å²) in [5, 5.41) is 3.98. The summed E-state index contributed by atoms with van der Waals surface area (Å²) >= 11 is 0. The van der Waals surface area contributed by atoms with Crippen LogP contribution in [-0.2, 0) is 10.0 Å². The Hall–Kier alpha value is -2.58. The second-order valence-electron chi connectivity index (χ2n) is 7.45. The number of hydrogen-bond donors (Lipinski definition) is 0. The van der Waals surface area contributed by atoms with E-state index >= 15 is 0 Å². The van der Waals surface area contributed by atoms with Crippen molar-refractivity contribution in [2.24, 2.45) is 11.8 Å². The van der Waals surface area contributed by atoms with Crippen molar-refractivity contribution >= 4 is 10.0 Å². The van der Waals surface area contributed by atoms with Crippen molar-refractivity contribution in [3.63, 3.8) is 0 Å². The molecule has 2 atom stereocenters. The highest BCUT2D eigenvalue weighted by molar-refractivity contribution is 7.89. The van der Waals surface area contributed by atoms with Gasteiger partial charge in [0, 0.05) is 36.6 Å². The van der Waals surface area contributed by atoms with E-state index in [4.69, 9.17) is 4.52 Å². The lowest BCUT2D eigenvalue weighted by atomic mass is 9.94. The largest absolute Gasteiger partial charge is 0.334 e. The average Bonchev–Trinajstić information content (AvgIpc) is 3.18. The molecule has 0 unspecified atom stereocenters. The van der Waals surface area contributed by atoms with Gasteiger partial charge in [-0.2, -0.15) is 9.29 Å². The third-order valence-corrected chi connectivity index (χ3v) is 6.78. The Labute approximate surface area is 164 Å². The Morgan fingerprint density at radius 2 is 1.61 bits per heavy atom.